The first-order valence-corrected chi connectivity index (χ1v) is 9.92. The van der Waals surface area contributed by atoms with Gasteiger partial charge in [-0.3, -0.25) is 21.6 Å². The van der Waals surface area contributed by atoms with Gasteiger partial charge in [-0.2, -0.15) is 12.8 Å². The van der Waals surface area contributed by atoms with E-state index in [0.717, 1.165) is 11.1 Å². The topological polar surface area (TPSA) is 141 Å². The Morgan fingerprint density at radius 3 is 2.25 bits per heavy atom. The molecular formula is C18H20N5O3S2+. The van der Waals surface area contributed by atoms with Gasteiger partial charge in [0.25, 0.3) is 0 Å². The second kappa shape index (κ2) is 9.11. The summed E-state index contributed by atoms with van der Waals surface area (Å²) in [6, 6.07) is 13.4. The van der Waals surface area contributed by atoms with Gasteiger partial charge in [0.05, 0.1) is 0 Å². The molecule has 0 saturated carbocycles. The highest BCUT2D eigenvalue weighted by molar-refractivity contribution is 7.84. The van der Waals surface area contributed by atoms with Gasteiger partial charge in [-0.15, -0.1) is 0 Å². The van der Waals surface area contributed by atoms with Gasteiger partial charge < -0.3 is 5.32 Å². The molecule has 0 saturated heterocycles. The van der Waals surface area contributed by atoms with Crippen molar-refractivity contribution in [2.75, 3.05) is 5.32 Å². The van der Waals surface area contributed by atoms with E-state index in [2.05, 4.69) is 10.6 Å². The number of hydrogen-bond donors (Lipinski definition) is 5. The highest BCUT2D eigenvalue weighted by atomic mass is 32.2. The average molecular weight is 419 g/mol. The van der Waals surface area contributed by atoms with Crippen LogP contribution in [-0.2, 0) is 14.8 Å². The summed E-state index contributed by atoms with van der Waals surface area (Å²) in [5.41, 5.74) is 12.8. The second-order valence-corrected chi connectivity index (χ2v) is 7.86. The minimum Gasteiger partial charge on any atom is -0.332 e. The lowest BCUT2D eigenvalue weighted by Gasteiger charge is -2.08. The Kier molecular flexibility index (Phi) is 6.85. The Balaban J connectivity index is 1.94. The van der Waals surface area contributed by atoms with Crippen LogP contribution in [0.3, 0.4) is 0 Å². The number of nitrogens with two attached hydrogens (primary N) is 2. The summed E-state index contributed by atoms with van der Waals surface area (Å²) < 4.78 is 25.8. The number of carbonyl (C=O) groups is 1. The molecule has 0 heterocycles. The molecule has 146 valence electrons. The SMILES string of the molecule is Cc1ccc(/C=C/C(=O)NC(=S)Nc2ccc(S(=O)(=O)[NH+]=C(N)N)cc2)cc1. The van der Waals surface area contributed by atoms with Crippen LogP contribution < -0.4 is 26.5 Å². The number of hydrogen-bond acceptors (Lipinski definition) is 4. The molecule has 28 heavy (non-hydrogen) atoms. The number of anilines is 1. The van der Waals surface area contributed by atoms with Crippen LogP contribution in [0.2, 0.25) is 0 Å². The van der Waals surface area contributed by atoms with Crippen LogP contribution in [0.25, 0.3) is 6.08 Å². The molecule has 2 aromatic carbocycles. The van der Waals surface area contributed by atoms with Gasteiger partial charge in [-0.05, 0) is 55.0 Å². The van der Waals surface area contributed by atoms with Crippen molar-refractivity contribution in [2.24, 2.45) is 11.5 Å². The van der Waals surface area contributed by atoms with Gasteiger partial charge in [0, 0.05) is 11.8 Å². The van der Waals surface area contributed by atoms with Crippen molar-refractivity contribution < 1.29 is 17.6 Å². The maximum Gasteiger partial charge on any atom is 0.353 e. The Bertz CT molecular complexity index is 1020. The van der Waals surface area contributed by atoms with E-state index in [0.29, 0.717) is 5.69 Å². The molecule has 0 bridgehead atoms. The predicted octanol–water partition coefficient (Wildman–Crippen LogP) is -0.436. The molecule has 2 rings (SSSR count). The number of benzene rings is 2. The number of nitrogens with one attached hydrogen (secondary N) is 3. The van der Waals surface area contributed by atoms with Crippen LogP contribution in [0, 0.1) is 6.92 Å². The van der Waals surface area contributed by atoms with Gasteiger partial charge in [-0.1, -0.05) is 29.8 Å². The summed E-state index contributed by atoms with van der Waals surface area (Å²) >= 11 is 5.08. The van der Waals surface area contributed by atoms with E-state index >= 15 is 0 Å². The Morgan fingerprint density at radius 2 is 1.68 bits per heavy atom. The summed E-state index contributed by atoms with van der Waals surface area (Å²) in [6.45, 7) is 1.98. The molecule has 0 unspecified atom stereocenters. The Labute approximate surface area is 168 Å². The maximum atomic E-state index is 11.9. The smallest absolute Gasteiger partial charge is 0.332 e. The predicted molar refractivity (Wildman–Crippen MR) is 113 cm³/mol. The van der Waals surface area contributed by atoms with E-state index in [4.69, 9.17) is 23.7 Å². The number of thiocarbonyl (C=S) groups is 1. The monoisotopic (exact) mass is 418 g/mol. The number of sulfonamides is 1. The number of carbonyl (C=O) groups excluding carboxylic acids is 1. The van der Waals surface area contributed by atoms with E-state index in [-0.39, 0.29) is 10.0 Å². The number of aryl methyl sites for hydroxylation is 1. The third-order valence-corrected chi connectivity index (χ3v) is 5.02. The first kappa shape index (κ1) is 21.1. The van der Waals surface area contributed by atoms with Crippen LogP contribution in [0.1, 0.15) is 11.1 Å². The minimum absolute atomic E-state index is 0.0255. The van der Waals surface area contributed by atoms with Crippen LogP contribution in [0.5, 0.6) is 0 Å². The highest BCUT2D eigenvalue weighted by Gasteiger charge is 2.14. The summed E-state index contributed by atoms with van der Waals surface area (Å²) in [5.74, 6) is -0.819. The van der Waals surface area contributed by atoms with E-state index in [1.807, 2.05) is 35.6 Å². The van der Waals surface area contributed by atoms with Crippen molar-refractivity contribution in [1.29, 1.82) is 0 Å². The van der Waals surface area contributed by atoms with Gasteiger partial charge in [-0.25, -0.2) is 0 Å². The zero-order valence-corrected chi connectivity index (χ0v) is 16.6. The van der Waals surface area contributed by atoms with Crippen molar-refractivity contribution in [3.63, 3.8) is 0 Å². The molecule has 0 aromatic heterocycles. The van der Waals surface area contributed by atoms with Gasteiger partial charge in [0.15, 0.2) is 5.11 Å². The lowest BCUT2D eigenvalue weighted by Crippen LogP contribution is -2.80. The lowest BCUT2D eigenvalue weighted by molar-refractivity contribution is -0.270. The van der Waals surface area contributed by atoms with Crippen molar-refractivity contribution in [3.8, 4) is 0 Å². The van der Waals surface area contributed by atoms with Crippen molar-refractivity contribution in [2.45, 2.75) is 11.8 Å². The summed E-state index contributed by atoms with van der Waals surface area (Å²) in [4.78, 5) is 11.9. The standard InChI is InChI=1S/C18H19N5O3S2/c1-12-2-4-13(5-3-12)6-11-16(24)22-18(27)21-14-7-9-15(10-8-14)28(25,26)23-17(19)20/h2-11H,1H3,(H4,19,20,23)(H2,21,22,24,27)/p+1/b11-6+. The molecule has 0 aliphatic carbocycles. The molecular weight excluding hydrogens is 398 g/mol. The summed E-state index contributed by atoms with van der Waals surface area (Å²) in [5, 5.41) is 5.38. The van der Waals surface area contributed by atoms with Crippen molar-refractivity contribution >= 4 is 51.0 Å². The Morgan fingerprint density at radius 1 is 1.07 bits per heavy atom. The van der Waals surface area contributed by atoms with Crippen LogP contribution >= 0.6 is 12.2 Å². The van der Waals surface area contributed by atoms with E-state index in [1.54, 1.807) is 6.08 Å². The third kappa shape index (κ3) is 6.49. The molecule has 8 nitrogen and oxygen atoms in total. The largest absolute Gasteiger partial charge is 0.353 e. The first-order chi connectivity index (χ1) is 13.2. The van der Waals surface area contributed by atoms with Crippen molar-refractivity contribution in [3.05, 3.63) is 65.7 Å². The second-order valence-electron chi connectivity index (χ2n) is 5.77. The zero-order chi connectivity index (χ0) is 20.7. The quantitative estimate of drug-likeness (QED) is 0.192. The fourth-order valence-electron chi connectivity index (χ4n) is 2.10. The fourth-order valence-corrected chi connectivity index (χ4v) is 3.24. The van der Waals surface area contributed by atoms with E-state index in [9.17, 15) is 13.2 Å². The van der Waals surface area contributed by atoms with Crippen LogP contribution in [-0.4, -0.2) is 25.4 Å². The zero-order valence-electron chi connectivity index (χ0n) is 15.0. The number of rotatable bonds is 5. The normalized spacial score (nSPS) is 11.0. The van der Waals surface area contributed by atoms with Crippen LogP contribution in [0.4, 0.5) is 5.69 Å². The molecule has 0 spiro atoms. The molecule has 7 N–H and O–H groups in total. The molecule has 1 amide bonds. The third-order valence-electron chi connectivity index (χ3n) is 3.42. The fraction of sp³-hybridized carbons (Fsp3) is 0.0556. The average Bonchev–Trinajstić information content (AvgIpc) is 2.60. The molecule has 0 radical (unpaired) electrons. The van der Waals surface area contributed by atoms with Crippen molar-refractivity contribution in [1.82, 2.24) is 5.32 Å². The van der Waals surface area contributed by atoms with Gasteiger partial charge in [0.1, 0.15) is 4.90 Å². The van der Waals surface area contributed by atoms with Crippen LogP contribution in [0.15, 0.2) is 59.5 Å². The van der Waals surface area contributed by atoms with E-state index in [1.165, 1.54) is 30.3 Å². The van der Waals surface area contributed by atoms with Gasteiger partial charge >= 0.3 is 16.0 Å². The lowest BCUT2D eigenvalue weighted by atomic mass is 10.1. The highest BCUT2D eigenvalue weighted by Crippen LogP contribution is 2.12. The molecule has 0 fully saturated rings. The summed E-state index contributed by atoms with van der Waals surface area (Å²) in [7, 11) is -3.84. The minimum atomic E-state index is -3.84. The first-order valence-electron chi connectivity index (χ1n) is 8.03. The molecule has 2 aromatic rings. The molecule has 0 aliphatic heterocycles. The molecule has 10 heteroatoms. The maximum absolute atomic E-state index is 11.9. The number of guanidine groups is 1. The Hall–Kier alpha value is -3.24. The molecule has 0 aliphatic rings. The van der Waals surface area contributed by atoms with E-state index < -0.39 is 21.9 Å². The number of amides is 1. The molecule has 0 atom stereocenters. The van der Waals surface area contributed by atoms with Gasteiger partial charge in [0.2, 0.25) is 5.91 Å². The summed E-state index contributed by atoms with van der Waals surface area (Å²) in [6.07, 6.45) is 3.04.